The average Bonchev–Trinajstić information content (AvgIpc) is 3.01. The molecule has 0 saturated carbocycles. The Morgan fingerprint density at radius 3 is 2.42 bits per heavy atom. The first-order valence-corrected chi connectivity index (χ1v) is 8.77. The predicted molar refractivity (Wildman–Crippen MR) is 111 cm³/mol. The van der Waals surface area contributed by atoms with Crippen LogP contribution in [0.5, 0.6) is 0 Å². The number of fused-ring (bicyclic) bond motifs is 1. The Bertz CT molecular complexity index is 705. The van der Waals surface area contributed by atoms with Crippen molar-refractivity contribution in [2.45, 2.75) is 32.9 Å². The molecule has 1 aromatic heterocycles. The number of nitrogens with zero attached hydrogens (tertiary/aromatic N) is 2. The van der Waals surface area contributed by atoms with E-state index in [9.17, 15) is 9.59 Å². The van der Waals surface area contributed by atoms with Crippen molar-refractivity contribution in [2.75, 3.05) is 13.6 Å². The van der Waals surface area contributed by atoms with Crippen LogP contribution in [0.25, 0.3) is 10.2 Å². The van der Waals surface area contributed by atoms with Gasteiger partial charge in [0.05, 0.1) is 28.8 Å². The van der Waals surface area contributed by atoms with Gasteiger partial charge in [0.1, 0.15) is 5.01 Å². The van der Waals surface area contributed by atoms with Gasteiger partial charge in [0.15, 0.2) is 0 Å². The van der Waals surface area contributed by atoms with E-state index in [0.29, 0.717) is 0 Å². The SMILES string of the molecule is CC(C)[C@H](N)C(=O)NCC(=O)N(C)C(C)c1nc2ccccc2s1.Cl.Cl. The maximum absolute atomic E-state index is 12.3. The lowest BCUT2D eigenvalue weighted by Gasteiger charge is -2.24. The quantitative estimate of drug-likeness (QED) is 0.751. The molecule has 0 aliphatic carbocycles. The summed E-state index contributed by atoms with van der Waals surface area (Å²) in [6, 6.07) is 7.11. The van der Waals surface area contributed by atoms with Crippen molar-refractivity contribution in [3.8, 4) is 0 Å². The van der Waals surface area contributed by atoms with Gasteiger partial charge in [0, 0.05) is 7.05 Å². The lowest BCUT2D eigenvalue weighted by molar-refractivity contribution is -0.133. The Kier molecular flexibility index (Phi) is 10.1. The lowest BCUT2D eigenvalue weighted by atomic mass is 10.1. The molecule has 1 heterocycles. The van der Waals surface area contributed by atoms with Gasteiger partial charge < -0.3 is 16.0 Å². The fourth-order valence-corrected chi connectivity index (χ4v) is 3.22. The average molecular weight is 421 g/mol. The highest BCUT2D eigenvalue weighted by atomic mass is 35.5. The molecule has 0 aliphatic rings. The summed E-state index contributed by atoms with van der Waals surface area (Å²) in [6.45, 7) is 5.60. The highest BCUT2D eigenvalue weighted by Gasteiger charge is 2.22. The number of benzene rings is 1. The first-order chi connectivity index (χ1) is 11.3. The van der Waals surface area contributed by atoms with Crippen LogP contribution >= 0.6 is 36.2 Å². The number of hydrogen-bond donors (Lipinski definition) is 2. The second-order valence-corrected chi connectivity index (χ2v) is 7.25. The minimum absolute atomic E-state index is 0. The molecule has 9 heteroatoms. The van der Waals surface area contributed by atoms with E-state index >= 15 is 0 Å². The predicted octanol–water partition coefficient (Wildman–Crippen LogP) is 2.76. The molecule has 0 radical (unpaired) electrons. The molecule has 2 amide bonds. The summed E-state index contributed by atoms with van der Waals surface area (Å²) in [5.74, 6) is -0.454. The van der Waals surface area contributed by atoms with E-state index in [4.69, 9.17) is 5.73 Å². The second kappa shape index (κ2) is 10.7. The van der Waals surface area contributed by atoms with Crippen molar-refractivity contribution < 1.29 is 9.59 Å². The molecule has 2 rings (SSSR count). The standard InChI is InChI=1S/C17H24N4O2S.2ClH/c1-10(2)15(18)16(23)19-9-14(22)21(4)11(3)17-20-12-7-5-6-8-13(12)24-17;;/h5-8,10-11,15H,9,18H2,1-4H3,(H,19,23);2*1H/t11?,15-;;/m0../s1. The van der Waals surface area contributed by atoms with Crippen LogP contribution in [0.3, 0.4) is 0 Å². The molecule has 1 unspecified atom stereocenters. The maximum atomic E-state index is 12.3. The largest absolute Gasteiger partial charge is 0.346 e. The van der Waals surface area contributed by atoms with E-state index in [1.54, 1.807) is 23.3 Å². The number of rotatable bonds is 6. The number of aromatic nitrogens is 1. The topological polar surface area (TPSA) is 88.3 Å². The van der Waals surface area contributed by atoms with Gasteiger partial charge in [-0.2, -0.15) is 0 Å². The summed E-state index contributed by atoms with van der Waals surface area (Å²) in [7, 11) is 1.72. The number of hydrogen-bond acceptors (Lipinski definition) is 5. The molecule has 2 aromatic rings. The van der Waals surface area contributed by atoms with Crippen molar-refractivity contribution in [1.29, 1.82) is 0 Å². The van der Waals surface area contributed by atoms with E-state index in [0.717, 1.165) is 15.2 Å². The molecule has 1 aromatic carbocycles. The van der Waals surface area contributed by atoms with E-state index < -0.39 is 6.04 Å². The van der Waals surface area contributed by atoms with Gasteiger partial charge in [-0.1, -0.05) is 26.0 Å². The van der Waals surface area contributed by atoms with Crippen molar-refractivity contribution in [3.63, 3.8) is 0 Å². The highest BCUT2D eigenvalue weighted by Crippen LogP contribution is 2.28. The van der Waals surface area contributed by atoms with Gasteiger partial charge in [-0.05, 0) is 25.0 Å². The van der Waals surface area contributed by atoms with E-state index in [-0.39, 0.29) is 55.1 Å². The number of para-hydroxylation sites is 1. The Labute approximate surface area is 170 Å². The third-order valence-corrected chi connectivity index (χ3v) is 5.28. The number of thiazole rings is 1. The summed E-state index contributed by atoms with van der Waals surface area (Å²) in [4.78, 5) is 30.3. The number of amides is 2. The normalized spacial score (nSPS) is 12.7. The molecule has 0 spiro atoms. The fourth-order valence-electron chi connectivity index (χ4n) is 2.16. The van der Waals surface area contributed by atoms with Crippen LogP contribution in [0.2, 0.25) is 0 Å². The molecule has 26 heavy (non-hydrogen) atoms. The zero-order valence-electron chi connectivity index (χ0n) is 15.3. The summed E-state index contributed by atoms with van der Waals surface area (Å²) in [5, 5.41) is 3.48. The number of halogens is 2. The smallest absolute Gasteiger partial charge is 0.242 e. The monoisotopic (exact) mass is 420 g/mol. The van der Waals surface area contributed by atoms with Crippen molar-refractivity contribution in [2.24, 2.45) is 11.7 Å². The Morgan fingerprint density at radius 2 is 1.85 bits per heavy atom. The van der Waals surface area contributed by atoms with Crippen LogP contribution in [-0.2, 0) is 9.59 Å². The highest BCUT2D eigenvalue weighted by molar-refractivity contribution is 7.18. The third kappa shape index (κ3) is 5.81. The van der Waals surface area contributed by atoms with Crippen LogP contribution in [0.4, 0.5) is 0 Å². The zero-order chi connectivity index (χ0) is 17.9. The van der Waals surface area contributed by atoms with Gasteiger partial charge in [-0.25, -0.2) is 4.98 Å². The molecular formula is C17H26Cl2N4O2S. The van der Waals surface area contributed by atoms with Crippen molar-refractivity contribution in [1.82, 2.24) is 15.2 Å². The Balaban J connectivity index is 0.00000312. The molecule has 0 saturated heterocycles. The van der Waals surface area contributed by atoms with Crippen molar-refractivity contribution >= 4 is 58.2 Å². The Hall–Kier alpha value is -1.41. The van der Waals surface area contributed by atoms with Gasteiger partial charge in [-0.3, -0.25) is 9.59 Å². The first kappa shape index (κ1) is 24.6. The zero-order valence-corrected chi connectivity index (χ0v) is 17.7. The summed E-state index contributed by atoms with van der Waals surface area (Å²) < 4.78 is 1.09. The van der Waals surface area contributed by atoms with E-state index in [2.05, 4.69) is 10.3 Å². The van der Waals surface area contributed by atoms with Crippen LogP contribution in [0.15, 0.2) is 24.3 Å². The van der Waals surface area contributed by atoms with Gasteiger partial charge >= 0.3 is 0 Å². The molecule has 0 bridgehead atoms. The molecule has 2 atom stereocenters. The van der Waals surface area contributed by atoms with Crippen LogP contribution in [-0.4, -0.2) is 41.3 Å². The molecule has 0 aliphatic heterocycles. The fraction of sp³-hybridized carbons (Fsp3) is 0.471. The minimum Gasteiger partial charge on any atom is -0.346 e. The molecular weight excluding hydrogens is 395 g/mol. The minimum atomic E-state index is -0.607. The number of likely N-dealkylation sites (N-methyl/N-ethyl adjacent to an activating group) is 1. The summed E-state index contributed by atoms with van der Waals surface area (Å²) in [5.41, 5.74) is 6.70. The second-order valence-electron chi connectivity index (χ2n) is 6.19. The maximum Gasteiger partial charge on any atom is 0.242 e. The number of carbonyl (C=O) groups excluding carboxylic acids is 2. The molecule has 146 valence electrons. The van der Waals surface area contributed by atoms with E-state index in [1.807, 2.05) is 45.0 Å². The Morgan fingerprint density at radius 1 is 1.23 bits per heavy atom. The van der Waals surface area contributed by atoms with Gasteiger partial charge in [0.2, 0.25) is 11.8 Å². The van der Waals surface area contributed by atoms with Crippen LogP contribution in [0, 0.1) is 5.92 Å². The first-order valence-electron chi connectivity index (χ1n) is 7.95. The van der Waals surface area contributed by atoms with Crippen LogP contribution < -0.4 is 11.1 Å². The molecule has 0 fully saturated rings. The number of carbonyl (C=O) groups is 2. The summed E-state index contributed by atoms with van der Waals surface area (Å²) in [6.07, 6.45) is 0. The molecule has 6 nitrogen and oxygen atoms in total. The number of nitrogens with one attached hydrogen (secondary N) is 1. The van der Waals surface area contributed by atoms with Gasteiger partial charge in [-0.15, -0.1) is 36.2 Å². The lowest BCUT2D eigenvalue weighted by Crippen LogP contribution is -2.47. The van der Waals surface area contributed by atoms with Crippen LogP contribution in [0.1, 0.15) is 31.8 Å². The molecule has 3 N–H and O–H groups in total. The summed E-state index contributed by atoms with van der Waals surface area (Å²) >= 11 is 1.57. The van der Waals surface area contributed by atoms with E-state index in [1.165, 1.54) is 0 Å². The third-order valence-electron chi connectivity index (χ3n) is 4.08. The van der Waals surface area contributed by atoms with Gasteiger partial charge in [0.25, 0.3) is 0 Å². The number of nitrogens with two attached hydrogens (primary N) is 1. The van der Waals surface area contributed by atoms with Crippen molar-refractivity contribution in [3.05, 3.63) is 29.3 Å².